The normalized spacial score (nSPS) is 26.4. The van der Waals surface area contributed by atoms with E-state index in [2.05, 4.69) is 31.3 Å². The Balaban J connectivity index is 1.98. The van der Waals surface area contributed by atoms with Gasteiger partial charge in [0.1, 0.15) is 11.9 Å². The fourth-order valence-corrected chi connectivity index (χ4v) is 3.04. The second-order valence-corrected chi connectivity index (χ2v) is 6.02. The molecule has 2 atom stereocenters. The van der Waals surface area contributed by atoms with E-state index in [9.17, 15) is 5.11 Å². The number of aliphatic hydroxyl groups excluding tert-OH is 1. The van der Waals surface area contributed by atoms with E-state index in [-0.39, 0.29) is 18.2 Å². The zero-order chi connectivity index (χ0) is 14.4. The van der Waals surface area contributed by atoms with Gasteiger partial charge in [-0.1, -0.05) is 19.1 Å². The van der Waals surface area contributed by atoms with E-state index in [1.165, 1.54) is 5.56 Å². The van der Waals surface area contributed by atoms with Crippen molar-refractivity contribution in [1.82, 2.24) is 5.32 Å². The Morgan fingerprint density at radius 2 is 2.30 bits per heavy atom. The van der Waals surface area contributed by atoms with Gasteiger partial charge in [0.2, 0.25) is 0 Å². The first-order chi connectivity index (χ1) is 9.67. The van der Waals surface area contributed by atoms with Gasteiger partial charge in [-0.3, -0.25) is 0 Å². The molecule has 2 unspecified atom stereocenters. The first-order valence-corrected chi connectivity index (χ1v) is 7.77. The molecule has 112 valence electrons. The molecule has 3 nitrogen and oxygen atoms in total. The van der Waals surface area contributed by atoms with Crippen LogP contribution < -0.4 is 10.1 Å². The molecular weight excluding hydrogens is 250 g/mol. The molecule has 0 spiro atoms. The summed E-state index contributed by atoms with van der Waals surface area (Å²) in [4.78, 5) is 0. The number of aliphatic hydroxyl groups is 1. The van der Waals surface area contributed by atoms with Crippen molar-refractivity contribution in [2.45, 2.75) is 57.6 Å². The minimum Gasteiger partial charge on any atom is -0.490 e. The molecule has 1 aliphatic rings. The summed E-state index contributed by atoms with van der Waals surface area (Å²) < 4.78 is 6.12. The maximum atomic E-state index is 9.78. The van der Waals surface area contributed by atoms with Gasteiger partial charge in [-0.15, -0.1) is 0 Å². The maximum absolute atomic E-state index is 9.78. The predicted molar refractivity (Wildman–Crippen MR) is 82.2 cm³/mol. The number of hydrogen-bond acceptors (Lipinski definition) is 3. The third-order valence-corrected chi connectivity index (χ3v) is 4.14. The molecular formula is C17H27NO2. The third kappa shape index (κ3) is 3.97. The molecule has 1 fully saturated rings. The van der Waals surface area contributed by atoms with Crippen LogP contribution in [0.1, 0.15) is 44.6 Å². The molecule has 2 N–H and O–H groups in total. The minimum atomic E-state index is -0.150. The highest BCUT2D eigenvalue weighted by atomic mass is 16.5. The van der Waals surface area contributed by atoms with E-state index in [0.29, 0.717) is 0 Å². The lowest BCUT2D eigenvalue weighted by Crippen LogP contribution is -2.53. The Bertz CT molecular complexity index is 421. The van der Waals surface area contributed by atoms with Crippen molar-refractivity contribution in [1.29, 1.82) is 0 Å². The van der Waals surface area contributed by atoms with Crippen LogP contribution in [0.25, 0.3) is 0 Å². The maximum Gasteiger partial charge on any atom is 0.119 e. The summed E-state index contributed by atoms with van der Waals surface area (Å²) in [7, 11) is 0. The van der Waals surface area contributed by atoms with Crippen LogP contribution in [0.3, 0.4) is 0 Å². The number of nitrogens with one attached hydrogen (secondary N) is 1. The van der Waals surface area contributed by atoms with Gasteiger partial charge in [0.05, 0.1) is 6.61 Å². The highest BCUT2D eigenvalue weighted by Gasteiger charge is 2.36. The van der Waals surface area contributed by atoms with E-state index < -0.39 is 0 Å². The van der Waals surface area contributed by atoms with Gasteiger partial charge < -0.3 is 15.2 Å². The van der Waals surface area contributed by atoms with Crippen LogP contribution in [-0.4, -0.2) is 29.9 Å². The number of benzene rings is 1. The van der Waals surface area contributed by atoms with Crippen molar-refractivity contribution in [3.8, 4) is 5.75 Å². The second-order valence-electron chi connectivity index (χ2n) is 6.02. The van der Waals surface area contributed by atoms with Crippen LogP contribution in [0.5, 0.6) is 5.75 Å². The monoisotopic (exact) mass is 277 g/mol. The number of hydrogen-bond donors (Lipinski definition) is 2. The lowest BCUT2D eigenvalue weighted by molar-refractivity contribution is 0.0511. The Labute approximate surface area is 122 Å². The molecule has 0 aliphatic heterocycles. The SMILES string of the molecule is CCCNC1(CO)CCCC(Oc2cccc(C)c2)C1. The summed E-state index contributed by atoms with van der Waals surface area (Å²) in [6, 6.07) is 8.20. The van der Waals surface area contributed by atoms with E-state index in [0.717, 1.165) is 44.4 Å². The predicted octanol–water partition coefficient (Wildman–Crippen LogP) is 3.05. The molecule has 2 rings (SSSR count). The number of rotatable bonds is 6. The molecule has 20 heavy (non-hydrogen) atoms. The lowest BCUT2D eigenvalue weighted by Gasteiger charge is -2.40. The molecule has 0 radical (unpaired) electrons. The third-order valence-electron chi connectivity index (χ3n) is 4.14. The van der Waals surface area contributed by atoms with E-state index in [1.807, 2.05) is 12.1 Å². The van der Waals surface area contributed by atoms with Crippen LogP contribution in [0.4, 0.5) is 0 Å². The number of ether oxygens (including phenoxy) is 1. The molecule has 0 saturated heterocycles. The van der Waals surface area contributed by atoms with Gasteiger partial charge in [0.25, 0.3) is 0 Å². The second kappa shape index (κ2) is 7.09. The molecule has 1 saturated carbocycles. The Morgan fingerprint density at radius 3 is 3.00 bits per heavy atom. The fourth-order valence-electron chi connectivity index (χ4n) is 3.04. The van der Waals surface area contributed by atoms with Crippen LogP contribution in [0.15, 0.2) is 24.3 Å². The summed E-state index contributed by atoms with van der Waals surface area (Å²) >= 11 is 0. The number of aryl methyl sites for hydroxylation is 1. The first-order valence-electron chi connectivity index (χ1n) is 7.77. The average molecular weight is 277 g/mol. The van der Waals surface area contributed by atoms with Crippen LogP contribution >= 0.6 is 0 Å². The topological polar surface area (TPSA) is 41.5 Å². The van der Waals surface area contributed by atoms with E-state index in [1.54, 1.807) is 0 Å². The van der Waals surface area contributed by atoms with Crippen molar-refractivity contribution in [3.63, 3.8) is 0 Å². The van der Waals surface area contributed by atoms with Gasteiger partial charge in [-0.2, -0.15) is 0 Å². The van der Waals surface area contributed by atoms with Crippen molar-refractivity contribution < 1.29 is 9.84 Å². The molecule has 3 heteroatoms. The highest BCUT2D eigenvalue weighted by molar-refractivity contribution is 5.27. The van der Waals surface area contributed by atoms with Crippen molar-refractivity contribution in [2.24, 2.45) is 0 Å². The summed E-state index contributed by atoms with van der Waals surface area (Å²) in [6.45, 7) is 5.38. The Morgan fingerprint density at radius 1 is 1.45 bits per heavy atom. The molecule has 0 bridgehead atoms. The largest absolute Gasteiger partial charge is 0.490 e. The summed E-state index contributed by atoms with van der Waals surface area (Å²) in [5.41, 5.74) is 1.07. The summed E-state index contributed by atoms with van der Waals surface area (Å²) in [5.74, 6) is 0.944. The zero-order valence-electron chi connectivity index (χ0n) is 12.7. The molecule has 1 aliphatic carbocycles. The molecule has 1 aromatic rings. The van der Waals surface area contributed by atoms with Gasteiger partial charge in [0.15, 0.2) is 0 Å². The van der Waals surface area contributed by atoms with Gasteiger partial charge in [-0.05, 0) is 56.8 Å². The standard InChI is InChI=1S/C17H27NO2/c1-3-10-18-17(13-19)9-5-8-16(12-17)20-15-7-4-6-14(2)11-15/h4,6-7,11,16,18-19H,3,5,8-10,12-13H2,1-2H3. The summed E-state index contributed by atoms with van der Waals surface area (Å²) in [5, 5.41) is 13.3. The van der Waals surface area contributed by atoms with Gasteiger partial charge in [-0.25, -0.2) is 0 Å². The van der Waals surface area contributed by atoms with E-state index in [4.69, 9.17) is 4.74 Å². The van der Waals surface area contributed by atoms with Gasteiger partial charge in [0, 0.05) is 12.0 Å². The van der Waals surface area contributed by atoms with Gasteiger partial charge >= 0.3 is 0 Å². The smallest absolute Gasteiger partial charge is 0.119 e. The van der Waals surface area contributed by atoms with E-state index >= 15 is 0 Å². The first kappa shape index (κ1) is 15.3. The molecule has 0 amide bonds. The Kier molecular flexibility index (Phi) is 5.44. The van der Waals surface area contributed by atoms with Crippen molar-refractivity contribution in [2.75, 3.05) is 13.2 Å². The Hall–Kier alpha value is -1.06. The fraction of sp³-hybridized carbons (Fsp3) is 0.647. The lowest BCUT2D eigenvalue weighted by atomic mass is 9.80. The van der Waals surface area contributed by atoms with Crippen molar-refractivity contribution in [3.05, 3.63) is 29.8 Å². The zero-order valence-corrected chi connectivity index (χ0v) is 12.7. The van der Waals surface area contributed by atoms with Crippen LogP contribution in [0.2, 0.25) is 0 Å². The highest BCUT2D eigenvalue weighted by Crippen LogP contribution is 2.31. The summed E-state index contributed by atoms with van der Waals surface area (Å²) in [6.07, 6.45) is 5.39. The molecule has 0 heterocycles. The quantitative estimate of drug-likeness (QED) is 0.839. The molecule has 0 aromatic heterocycles. The van der Waals surface area contributed by atoms with Crippen LogP contribution in [-0.2, 0) is 0 Å². The van der Waals surface area contributed by atoms with Crippen molar-refractivity contribution >= 4 is 0 Å². The minimum absolute atomic E-state index is 0.150. The molecule has 1 aromatic carbocycles. The average Bonchev–Trinajstić information content (AvgIpc) is 2.45. The van der Waals surface area contributed by atoms with Crippen LogP contribution in [0, 0.1) is 6.92 Å².